The predicted molar refractivity (Wildman–Crippen MR) is 107 cm³/mol. The van der Waals surface area contributed by atoms with Crippen LogP contribution in [0.3, 0.4) is 0 Å². The number of nitrogens with one attached hydrogen (secondary N) is 1. The summed E-state index contributed by atoms with van der Waals surface area (Å²) in [4.78, 5) is 0. The van der Waals surface area contributed by atoms with Crippen LogP contribution >= 0.6 is 0 Å². The average molecular weight is 347 g/mol. The zero-order chi connectivity index (χ0) is 18.0. The van der Waals surface area contributed by atoms with Crippen molar-refractivity contribution in [3.8, 4) is 5.75 Å². The van der Waals surface area contributed by atoms with Gasteiger partial charge in [-0.25, -0.2) is 0 Å². The van der Waals surface area contributed by atoms with Crippen LogP contribution in [-0.4, -0.2) is 20.2 Å². The highest BCUT2D eigenvalue weighted by Crippen LogP contribution is 2.34. The largest absolute Gasteiger partial charge is 0.496 e. The Morgan fingerprint density at radius 1 is 1.00 bits per heavy atom. The Morgan fingerprint density at radius 3 is 2.58 bits per heavy atom. The first-order chi connectivity index (χ1) is 12.9. The summed E-state index contributed by atoms with van der Waals surface area (Å²) in [6.07, 6.45) is 6.96. The number of hydrogen-bond acceptors (Lipinski definition) is 3. The molecule has 0 aliphatic rings. The Hall–Kier alpha value is -2.78. The molecular formula is C23H25NO2. The quantitative estimate of drug-likeness (QED) is 0.546. The molecule has 0 radical (unpaired) electrons. The maximum atomic E-state index is 5.69. The highest BCUT2D eigenvalue weighted by molar-refractivity contribution is 5.48. The summed E-state index contributed by atoms with van der Waals surface area (Å²) in [6, 6.07) is 22.5. The monoisotopic (exact) mass is 347 g/mol. The van der Waals surface area contributed by atoms with Crippen LogP contribution in [0.1, 0.15) is 29.2 Å². The van der Waals surface area contributed by atoms with E-state index >= 15 is 0 Å². The second-order valence-electron chi connectivity index (χ2n) is 6.12. The number of benzene rings is 2. The first-order valence-corrected chi connectivity index (χ1v) is 8.97. The fraction of sp³-hybridized carbons (Fsp3) is 0.217. The molecule has 3 rings (SSSR count). The van der Waals surface area contributed by atoms with Gasteiger partial charge in [0.2, 0.25) is 0 Å². The standard InChI is InChI=1S/C23H25NO2/c1-25-22-13-6-5-12-20(22)21(23-14-8-18-26-23)15-17-24-16-7-11-19-9-3-2-4-10-19/h2-14,18,21,24H,15-17H2,1H3. The molecule has 2 aromatic carbocycles. The van der Waals surface area contributed by atoms with E-state index < -0.39 is 0 Å². The molecule has 0 amide bonds. The third-order valence-corrected chi connectivity index (χ3v) is 4.38. The van der Waals surface area contributed by atoms with Gasteiger partial charge in [-0.05, 0) is 36.7 Å². The van der Waals surface area contributed by atoms with Crippen LogP contribution in [0.2, 0.25) is 0 Å². The van der Waals surface area contributed by atoms with Crippen molar-refractivity contribution in [3.63, 3.8) is 0 Å². The van der Waals surface area contributed by atoms with Crippen LogP contribution in [0.25, 0.3) is 6.08 Å². The van der Waals surface area contributed by atoms with Crippen molar-refractivity contribution < 1.29 is 9.15 Å². The van der Waals surface area contributed by atoms with E-state index in [9.17, 15) is 0 Å². The summed E-state index contributed by atoms with van der Waals surface area (Å²) in [5.74, 6) is 2.04. The number of ether oxygens (including phenoxy) is 1. The van der Waals surface area contributed by atoms with E-state index in [1.807, 2.05) is 48.5 Å². The van der Waals surface area contributed by atoms with Gasteiger partial charge in [0.05, 0.1) is 13.4 Å². The van der Waals surface area contributed by atoms with Crippen molar-refractivity contribution >= 4 is 6.08 Å². The number of hydrogen-bond donors (Lipinski definition) is 1. The minimum Gasteiger partial charge on any atom is -0.496 e. The van der Waals surface area contributed by atoms with Crippen molar-refractivity contribution in [2.45, 2.75) is 12.3 Å². The van der Waals surface area contributed by atoms with Gasteiger partial charge in [0.15, 0.2) is 0 Å². The van der Waals surface area contributed by atoms with Crippen LogP contribution < -0.4 is 10.1 Å². The highest BCUT2D eigenvalue weighted by atomic mass is 16.5. The van der Waals surface area contributed by atoms with Crippen LogP contribution in [0.15, 0.2) is 83.5 Å². The molecule has 1 heterocycles. The molecule has 0 fully saturated rings. The second-order valence-corrected chi connectivity index (χ2v) is 6.12. The van der Waals surface area contributed by atoms with Gasteiger partial charge in [-0.1, -0.05) is 60.7 Å². The molecule has 3 heteroatoms. The van der Waals surface area contributed by atoms with E-state index in [-0.39, 0.29) is 5.92 Å². The van der Waals surface area contributed by atoms with E-state index in [1.54, 1.807) is 13.4 Å². The molecule has 0 saturated heterocycles. The fourth-order valence-corrected chi connectivity index (χ4v) is 3.09. The molecule has 0 saturated carbocycles. The van der Waals surface area contributed by atoms with Gasteiger partial charge in [0.1, 0.15) is 11.5 Å². The van der Waals surface area contributed by atoms with Gasteiger partial charge < -0.3 is 14.5 Å². The summed E-state index contributed by atoms with van der Waals surface area (Å²) in [7, 11) is 1.71. The fourth-order valence-electron chi connectivity index (χ4n) is 3.09. The number of para-hydroxylation sites is 1. The van der Waals surface area contributed by atoms with Crippen molar-refractivity contribution in [2.75, 3.05) is 20.2 Å². The minimum absolute atomic E-state index is 0.173. The normalized spacial score (nSPS) is 12.3. The molecule has 134 valence electrons. The molecule has 0 spiro atoms. The Kier molecular flexibility index (Phi) is 6.68. The van der Waals surface area contributed by atoms with E-state index in [0.29, 0.717) is 0 Å². The lowest BCUT2D eigenvalue weighted by Gasteiger charge is -2.18. The van der Waals surface area contributed by atoms with Gasteiger partial charge in [0.25, 0.3) is 0 Å². The second kappa shape index (κ2) is 9.64. The molecule has 1 unspecified atom stereocenters. The summed E-state index contributed by atoms with van der Waals surface area (Å²) in [5, 5.41) is 3.49. The smallest absolute Gasteiger partial charge is 0.122 e. The van der Waals surface area contributed by atoms with Gasteiger partial charge in [-0.3, -0.25) is 0 Å². The molecule has 1 aromatic heterocycles. The van der Waals surface area contributed by atoms with Crippen molar-refractivity contribution in [1.29, 1.82) is 0 Å². The third kappa shape index (κ3) is 4.87. The van der Waals surface area contributed by atoms with E-state index in [0.717, 1.165) is 36.6 Å². The summed E-state index contributed by atoms with van der Waals surface area (Å²) in [5.41, 5.74) is 2.38. The first-order valence-electron chi connectivity index (χ1n) is 8.97. The van der Waals surface area contributed by atoms with Gasteiger partial charge in [-0.15, -0.1) is 0 Å². The SMILES string of the molecule is COc1ccccc1C(CCNCC=Cc1ccccc1)c1ccco1. The van der Waals surface area contributed by atoms with Crippen LogP contribution in [0.4, 0.5) is 0 Å². The lowest BCUT2D eigenvalue weighted by atomic mass is 9.92. The number of furan rings is 1. The van der Waals surface area contributed by atoms with Gasteiger partial charge in [-0.2, -0.15) is 0 Å². The number of rotatable bonds is 9. The van der Waals surface area contributed by atoms with Crippen LogP contribution in [-0.2, 0) is 0 Å². The lowest BCUT2D eigenvalue weighted by Crippen LogP contribution is -2.18. The molecule has 0 aliphatic heterocycles. The molecular weight excluding hydrogens is 322 g/mol. The molecule has 0 aliphatic carbocycles. The van der Waals surface area contributed by atoms with Crippen molar-refractivity contribution in [3.05, 3.63) is 96.0 Å². The third-order valence-electron chi connectivity index (χ3n) is 4.38. The lowest BCUT2D eigenvalue weighted by molar-refractivity contribution is 0.399. The van der Waals surface area contributed by atoms with E-state index in [1.165, 1.54) is 5.56 Å². The van der Waals surface area contributed by atoms with Gasteiger partial charge >= 0.3 is 0 Å². The van der Waals surface area contributed by atoms with Crippen molar-refractivity contribution in [1.82, 2.24) is 5.32 Å². The van der Waals surface area contributed by atoms with Crippen LogP contribution in [0.5, 0.6) is 5.75 Å². The summed E-state index contributed by atoms with van der Waals surface area (Å²) >= 11 is 0. The Labute approximate surface area is 155 Å². The van der Waals surface area contributed by atoms with Crippen LogP contribution in [0, 0.1) is 0 Å². The predicted octanol–water partition coefficient (Wildman–Crippen LogP) is 5.11. The Balaban J connectivity index is 1.58. The Bertz CT molecular complexity index is 794. The molecule has 1 atom stereocenters. The molecule has 1 N–H and O–H groups in total. The Morgan fingerprint density at radius 2 is 1.81 bits per heavy atom. The van der Waals surface area contributed by atoms with E-state index in [4.69, 9.17) is 9.15 Å². The summed E-state index contributed by atoms with van der Waals surface area (Å²) < 4.78 is 11.2. The molecule has 3 aromatic rings. The van der Waals surface area contributed by atoms with E-state index in [2.05, 4.69) is 35.7 Å². The zero-order valence-corrected chi connectivity index (χ0v) is 15.1. The molecule has 0 bridgehead atoms. The molecule has 3 nitrogen and oxygen atoms in total. The molecule has 26 heavy (non-hydrogen) atoms. The zero-order valence-electron chi connectivity index (χ0n) is 15.1. The maximum absolute atomic E-state index is 5.69. The van der Waals surface area contributed by atoms with Crippen molar-refractivity contribution in [2.24, 2.45) is 0 Å². The maximum Gasteiger partial charge on any atom is 0.122 e. The van der Waals surface area contributed by atoms with Gasteiger partial charge in [0, 0.05) is 18.0 Å². The first kappa shape index (κ1) is 18.0. The number of methoxy groups -OCH3 is 1. The topological polar surface area (TPSA) is 34.4 Å². The summed E-state index contributed by atoms with van der Waals surface area (Å²) in [6.45, 7) is 1.73. The highest BCUT2D eigenvalue weighted by Gasteiger charge is 2.20. The minimum atomic E-state index is 0.173. The average Bonchev–Trinajstić information content (AvgIpc) is 3.23.